The van der Waals surface area contributed by atoms with Gasteiger partial charge in [0, 0.05) is 6.08 Å². The lowest BCUT2D eigenvalue weighted by atomic mass is 10.6. The fourth-order valence-electron chi connectivity index (χ4n) is 0.201. The quantitative estimate of drug-likeness (QED) is 0.392. The topological polar surface area (TPSA) is 56.3 Å². The molecule has 0 radical (unpaired) electrons. The Morgan fingerprint density at radius 2 is 2.38 bits per heavy atom. The van der Waals surface area contributed by atoms with Crippen LogP contribution in [0.2, 0.25) is 0 Å². The molecule has 8 heavy (non-hydrogen) atoms. The molecule has 0 saturated heterocycles. The Labute approximate surface area is 48.3 Å². The van der Waals surface area contributed by atoms with Crippen LogP contribution in [0.25, 0.3) is 0 Å². The number of carbonyl (C=O) groups excluding carboxylic acids is 1. The van der Waals surface area contributed by atoms with Gasteiger partial charge in [-0.25, -0.2) is 4.79 Å². The molecule has 0 rings (SSSR count). The van der Waals surface area contributed by atoms with E-state index in [1.54, 1.807) is 6.92 Å². The summed E-state index contributed by atoms with van der Waals surface area (Å²) in [5, 5.41) is 0. The summed E-state index contributed by atoms with van der Waals surface area (Å²) in [4.78, 5) is 10.1. The van der Waals surface area contributed by atoms with Crippen molar-refractivity contribution in [1.82, 2.24) is 0 Å². The lowest BCUT2D eigenvalue weighted by Crippen LogP contribution is -1.97. The van der Waals surface area contributed by atoms with Crippen LogP contribution in [0.15, 0.2) is 12.7 Å². The van der Waals surface area contributed by atoms with Gasteiger partial charge in [0.25, 0.3) is 0 Å². The monoisotopic (exact) mass is 117 g/mol. The number of hydrogen-bond acceptors (Lipinski definition) is 3. The van der Waals surface area contributed by atoms with E-state index in [9.17, 15) is 4.79 Å². The van der Waals surface area contributed by atoms with Crippen LogP contribution >= 0.6 is 0 Å². The predicted octanol–water partition coefficient (Wildman–Crippen LogP) is 0.559. The van der Waals surface area contributed by atoms with Crippen LogP contribution < -0.4 is 0 Å². The molecule has 0 spiro atoms. The van der Waals surface area contributed by atoms with Gasteiger partial charge in [-0.15, -0.1) is 0 Å². The van der Waals surface area contributed by atoms with Gasteiger partial charge in [0.2, 0.25) is 0 Å². The third-order valence-electron chi connectivity index (χ3n) is 0.453. The largest absolute Gasteiger partial charge is 0.870 e. The maximum absolute atomic E-state index is 10.1. The van der Waals surface area contributed by atoms with Crippen LogP contribution in [-0.2, 0) is 9.53 Å². The van der Waals surface area contributed by atoms with Gasteiger partial charge in [-0.2, -0.15) is 0 Å². The minimum absolute atomic E-state index is 0. The standard InChI is InChI=1S/C5H8O2.H2O/c1-3-5(6)7-4-2;/h3H,1,4H2,2H3;1H2/p-1. The van der Waals surface area contributed by atoms with Crippen LogP contribution in [0.1, 0.15) is 6.92 Å². The smallest absolute Gasteiger partial charge is 0.330 e. The molecule has 0 aromatic heterocycles. The fraction of sp³-hybridized carbons (Fsp3) is 0.400. The van der Waals surface area contributed by atoms with Crippen molar-refractivity contribution in [3.63, 3.8) is 0 Å². The Balaban J connectivity index is 0. The van der Waals surface area contributed by atoms with Crippen molar-refractivity contribution in [2.75, 3.05) is 6.61 Å². The number of carbonyl (C=O) groups is 1. The molecule has 0 atom stereocenters. The molecule has 0 amide bonds. The average molecular weight is 117 g/mol. The molecule has 0 saturated carbocycles. The van der Waals surface area contributed by atoms with E-state index in [1.807, 2.05) is 0 Å². The summed E-state index contributed by atoms with van der Waals surface area (Å²) in [5.74, 6) is -0.359. The first-order valence-corrected chi connectivity index (χ1v) is 2.10. The van der Waals surface area contributed by atoms with Crippen molar-refractivity contribution >= 4 is 5.97 Å². The molecule has 3 heteroatoms. The van der Waals surface area contributed by atoms with E-state index in [0.717, 1.165) is 6.08 Å². The molecule has 0 aromatic rings. The Bertz CT molecular complexity index is 77.7. The summed E-state index contributed by atoms with van der Waals surface area (Å²) in [7, 11) is 0. The lowest BCUT2D eigenvalue weighted by Gasteiger charge is -1.90. The first kappa shape index (κ1) is 10.2. The zero-order chi connectivity index (χ0) is 5.70. The van der Waals surface area contributed by atoms with Crippen LogP contribution in [0.3, 0.4) is 0 Å². The highest BCUT2D eigenvalue weighted by Crippen LogP contribution is 1.74. The van der Waals surface area contributed by atoms with Crippen LogP contribution in [0.5, 0.6) is 0 Å². The third-order valence-corrected chi connectivity index (χ3v) is 0.453. The molecular formula is C5H9O3-. The van der Waals surface area contributed by atoms with Gasteiger partial charge in [-0.1, -0.05) is 6.58 Å². The van der Waals surface area contributed by atoms with E-state index in [4.69, 9.17) is 0 Å². The van der Waals surface area contributed by atoms with Crippen molar-refractivity contribution in [3.05, 3.63) is 12.7 Å². The highest BCUT2D eigenvalue weighted by atomic mass is 16.5. The van der Waals surface area contributed by atoms with E-state index in [2.05, 4.69) is 11.3 Å². The summed E-state index contributed by atoms with van der Waals surface area (Å²) in [6.45, 7) is 5.38. The molecule has 0 aliphatic rings. The third kappa shape index (κ3) is 5.17. The summed E-state index contributed by atoms with van der Waals surface area (Å²) < 4.78 is 4.43. The van der Waals surface area contributed by atoms with E-state index in [-0.39, 0.29) is 11.4 Å². The van der Waals surface area contributed by atoms with Crippen LogP contribution in [0, 0.1) is 0 Å². The Hall–Kier alpha value is -0.830. The van der Waals surface area contributed by atoms with E-state index < -0.39 is 0 Å². The molecule has 0 heterocycles. The van der Waals surface area contributed by atoms with E-state index >= 15 is 0 Å². The minimum Gasteiger partial charge on any atom is -0.870 e. The predicted molar refractivity (Wildman–Crippen MR) is 28.8 cm³/mol. The second-order valence-electron chi connectivity index (χ2n) is 0.956. The Kier molecular flexibility index (Phi) is 7.88. The van der Waals surface area contributed by atoms with Crippen molar-refractivity contribution in [1.29, 1.82) is 0 Å². The summed E-state index contributed by atoms with van der Waals surface area (Å²) >= 11 is 0. The maximum Gasteiger partial charge on any atom is 0.330 e. The number of esters is 1. The SMILES string of the molecule is C=CC(=O)OCC.[OH-]. The maximum atomic E-state index is 10.1. The second kappa shape index (κ2) is 6.17. The Morgan fingerprint density at radius 1 is 1.88 bits per heavy atom. The molecule has 48 valence electrons. The van der Waals surface area contributed by atoms with Gasteiger partial charge in [0.1, 0.15) is 0 Å². The summed E-state index contributed by atoms with van der Waals surface area (Å²) in [5.41, 5.74) is 0. The number of ether oxygens (including phenoxy) is 1. The highest BCUT2D eigenvalue weighted by Gasteiger charge is 1.86. The van der Waals surface area contributed by atoms with Crippen molar-refractivity contribution in [3.8, 4) is 0 Å². The number of hydrogen-bond donors (Lipinski definition) is 0. The number of rotatable bonds is 2. The molecule has 0 aromatic carbocycles. The van der Waals surface area contributed by atoms with Crippen LogP contribution in [-0.4, -0.2) is 18.1 Å². The van der Waals surface area contributed by atoms with Crippen LogP contribution in [0.4, 0.5) is 0 Å². The molecule has 0 aliphatic carbocycles. The van der Waals surface area contributed by atoms with E-state index in [0.29, 0.717) is 6.61 Å². The first-order valence-electron chi connectivity index (χ1n) is 2.10. The zero-order valence-corrected chi connectivity index (χ0v) is 4.76. The lowest BCUT2D eigenvalue weighted by molar-refractivity contribution is -0.137. The van der Waals surface area contributed by atoms with Gasteiger partial charge in [0.05, 0.1) is 6.61 Å². The normalized spacial score (nSPS) is 6.62. The van der Waals surface area contributed by atoms with Crippen molar-refractivity contribution in [2.24, 2.45) is 0 Å². The zero-order valence-electron chi connectivity index (χ0n) is 4.76. The van der Waals surface area contributed by atoms with Crippen molar-refractivity contribution in [2.45, 2.75) is 6.92 Å². The van der Waals surface area contributed by atoms with Gasteiger partial charge in [-0.3, -0.25) is 0 Å². The Morgan fingerprint density at radius 3 is 2.50 bits per heavy atom. The van der Waals surface area contributed by atoms with E-state index in [1.165, 1.54) is 0 Å². The molecule has 0 fully saturated rings. The van der Waals surface area contributed by atoms with Crippen molar-refractivity contribution < 1.29 is 15.0 Å². The molecular weight excluding hydrogens is 108 g/mol. The average Bonchev–Trinajstić information content (AvgIpc) is 1.68. The molecule has 0 aliphatic heterocycles. The second-order valence-corrected chi connectivity index (χ2v) is 0.956. The van der Waals surface area contributed by atoms with Gasteiger partial charge < -0.3 is 10.2 Å². The molecule has 1 N–H and O–H groups in total. The van der Waals surface area contributed by atoms with Gasteiger partial charge in [-0.05, 0) is 6.92 Å². The molecule has 0 unspecified atom stereocenters. The minimum atomic E-state index is -0.359. The highest BCUT2D eigenvalue weighted by molar-refractivity contribution is 5.81. The summed E-state index contributed by atoms with van der Waals surface area (Å²) in [6.07, 6.45) is 1.14. The van der Waals surface area contributed by atoms with Gasteiger partial charge in [0.15, 0.2) is 0 Å². The van der Waals surface area contributed by atoms with Gasteiger partial charge >= 0.3 is 5.97 Å². The summed E-state index contributed by atoms with van der Waals surface area (Å²) in [6, 6.07) is 0. The molecule has 0 bridgehead atoms. The molecule has 3 nitrogen and oxygen atoms in total. The fourth-order valence-corrected chi connectivity index (χ4v) is 0.201. The first-order chi connectivity index (χ1) is 3.31.